The van der Waals surface area contributed by atoms with Crippen LogP contribution in [0.5, 0.6) is 11.5 Å². The molecule has 5 aromatic rings. The summed E-state index contributed by atoms with van der Waals surface area (Å²) in [6.07, 6.45) is 8.46. The molecule has 0 amide bonds. The van der Waals surface area contributed by atoms with Crippen molar-refractivity contribution in [2.24, 2.45) is 0 Å². The zero-order chi connectivity index (χ0) is 29.7. The molecule has 0 aliphatic heterocycles. The molecule has 1 N–H and O–H groups in total. The van der Waals surface area contributed by atoms with Crippen LogP contribution in [0.1, 0.15) is 65.8 Å². The topological polar surface area (TPSA) is 99.6 Å². The van der Waals surface area contributed by atoms with Gasteiger partial charge in [0.15, 0.2) is 12.6 Å². The van der Waals surface area contributed by atoms with Gasteiger partial charge in [-0.2, -0.15) is 0 Å². The van der Waals surface area contributed by atoms with E-state index in [1.54, 1.807) is 18.3 Å². The molecule has 0 aliphatic carbocycles. The first-order chi connectivity index (χ1) is 20.6. The van der Waals surface area contributed by atoms with E-state index < -0.39 is 6.09 Å². The second-order valence-electron chi connectivity index (χ2n) is 9.76. The van der Waals surface area contributed by atoms with E-state index in [4.69, 9.17) is 14.2 Å². The van der Waals surface area contributed by atoms with Crippen molar-refractivity contribution in [2.45, 2.75) is 46.1 Å². The van der Waals surface area contributed by atoms with Crippen molar-refractivity contribution in [1.82, 2.24) is 9.55 Å². The third kappa shape index (κ3) is 7.66. The molecule has 8 heteroatoms. The Morgan fingerprint density at radius 2 is 1.45 bits per heavy atom. The molecule has 0 bridgehead atoms. The Bertz CT molecular complexity index is 1620. The van der Waals surface area contributed by atoms with Crippen molar-refractivity contribution in [3.63, 3.8) is 0 Å². The highest BCUT2D eigenvalue weighted by Gasteiger charge is 2.15. The molecule has 2 heterocycles. The van der Waals surface area contributed by atoms with Gasteiger partial charge < -0.3 is 19.2 Å². The molecule has 2 aromatic heterocycles. The molecule has 42 heavy (non-hydrogen) atoms. The SMILES string of the molecule is CCCCOc1ccc2c(C=O)c[nH]c2c1.CCCCOc1ccc2c(C=O)cn(C(=O)OCc3ccccc3)c2c1. The Morgan fingerprint density at radius 1 is 0.810 bits per heavy atom. The molecule has 0 radical (unpaired) electrons. The van der Waals surface area contributed by atoms with Gasteiger partial charge in [-0.25, -0.2) is 4.79 Å². The van der Waals surface area contributed by atoms with Crippen molar-refractivity contribution in [1.29, 1.82) is 0 Å². The Kier molecular flexibility index (Phi) is 10.9. The van der Waals surface area contributed by atoms with Crippen LogP contribution >= 0.6 is 0 Å². The first kappa shape index (κ1) is 30.1. The number of carbonyl (C=O) groups is 3. The number of fused-ring (bicyclic) bond motifs is 2. The van der Waals surface area contributed by atoms with Crippen LogP contribution < -0.4 is 9.47 Å². The van der Waals surface area contributed by atoms with Crippen LogP contribution in [0, 0.1) is 0 Å². The molecule has 0 atom stereocenters. The second-order valence-corrected chi connectivity index (χ2v) is 9.76. The van der Waals surface area contributed by atoms with Gasteiger partial charge in [-0.3, -0.25) is 14.2 Å². The van der Waals surface area contributed by atoms with Gasteiger partial charge in [0.1, 0.15) is 18.1 Å². The smallest absolute Gasteiger partial charge is 0.418 e. The quantitative estimate of drug-likeness (QED) is 0.121. The Balaban J connectivity index is 0.000000216. The van der Waals surface area contributed by atoms with Crippen molar-refractivity contribution in [2.75, 3.05) is 13.2 Å². The fourth-order valence-corrected chi connectivity index (χ4v) is 4.34. The van der Waals surface area contributed by atoms with Gasteiger partial charge in [0.25, 0.3) is 0 Å². The van der Waals surface area contributed by atoms with E-state index >= 15 is 0 Å². The third-order valence-electron chi connectivity index (χ3n) is 6.68. The molecule has 0 spiro atoms. The van der Waals surface area contributed by atoms with E-state index in [1.165, 1.54) is 10.8 Å². The van der Waals surface area contributed by atoms with Gasteiger partial charge >= 0.3 is 6.09 Å². The molecule has 3 aromatic carbocycles. The average Bonchev–Trinajstić information content (AvgIpc) is 3.61. The maximum atomic E-state index is 12.5. The highest BCUT2D eigenvalue weighted by atomic mass is 16.5. The van der Waals surface area contributed by atoms with Crippen LogP contribution in [0.25, 0.3) is 21.8 Å². The Labute approximate surface area is 245 Å². The minimum absolute atomic E-state index is 0.169. The number of hydrogen-bond donors (Lipinski definition) is 1. The van der Waals surface area contributed by atoms with E-state index in [-0.39, 0.29) is 6.61 Å². The lowest BCUT2D eigenvalue weighted by Gasteiger charge is -2.08. The van der Waals surface area contributed by atoms with Crippen molar-refractivity contribution in [3.8, 4) is 11.5 Å². The fraction of sp³-hybridized carbons (Fsp3) is 0.265. The number of aromatic amines is 1. The lowest BCUT2D eigenvalue weighted by atomic mass is 10.2. The monoisotopic (exact) mass is 568 g/mol. The number of nitrogens with zero attached hydrogens (tertiary/aromatic N) is 1. The number of nitrogens with one attached hydrogen (secondary N) is 1. The molecule has 0 fully saturated rings. The summed E-state index contributed by atoms with van der Waals surface area (Å²) in [7, 11) is 0. The van der Waals surface area contributed by atoms with Crippen LogP contribution in [-0.2, 0) is 11.3 Å². The van der Waals surface area contributed by atoms with Crippen LogP contribution in [0.3, 0.4) is 0 Å². The molecule has 5 rings (SSSR count). The predicted octanol–water partition coefficient (Wildman–Crippen LogP) is 7.98. The minimum Gasteiger partial charge on any atom is -0.494 e. The van der Waals surface area contributed by atoms with Gasteiger partial charge in [0.05, 0.1) is 18.7 Å². The fourth-order valence-electron chi connectivity index (χ4n) is 4.34. The summed E-state index contributed by atoms with van der Waals surface area (Å²) < 4.78 is 18.0. The maximum Gasteiger partial charge on any atom is 0.418 e. The van der Waals surface area contributed by atoms with Crippen molar-refractivity contribution >= 4 is 40.5 Å². The zero-order valence-electron chi connectivity index (χ0n) is 24.0. The normalized spacial score (nSPS) is 10.6. The van der Waals surface area contributed by atoms with E-state index in [2.05, 4.69) is 18.8 Å². The number of carbonyl (C=O) groups excluding carboxylic acids is 3. The minimum atomic E-state index is -0.530. The number of aldehydes is 2. The van der Waals surface area contributed by atoms with Gasteiger partial charge in [-0.15, -0.1) is 0 Å². The summed E-state index contributed by atoms with van der Waals surface area (Å²) >= 11 is 0. The maximum absolute atomic E-state index is 12.5. The first-order valence-electron chi connectivity index (χ1n) is 14.2. The summed E-state index contributed by atoms with van der Waals surface area (Å²) in [5.41, 5.74) is 3.57. The van der Waals surface area contributed by atoms with Crippen LogP contribution in [0.15, 0.2) is 79.1 Å². The zero-order valence-corrected chi connectivity index (χ0v) is 24.0. The summed E-state index contributed by atoms with van der Waals surface area (Å²) in [5.74, 6) is 1.51. The molecular formula is C34H36N2O6. The highest BCUT2D eigenvalue weighted by molar-refractivity contribution is 6.02. The van der Waals surface area contributed by atoms with E-state index in [0.29, 0.717) is 34.4 Å². The average molecular weight is 569 g/mol. The number of benzene rings is 3. The summed E-state index contributed by atoms with van der Waals surface area (Å²) in [6, 6.07) is 20.6. The molecule has 0 unspecified atom stereocenters. The molecule has 0 saturated heterocycles. The number of ether oxygens (including phenoxy) is 3. The van der Waals surface area contributed by atoms with Gasteiger partial charge in [-0.05, 0) is 42.7 Å². The van der Waals surface area contributed by atoms with Crippen LogP contribution in [0.4, 0.5) is 4.79 Å². The summed E-state index contributed by atoms with van der Waals surface area (Å²) in [5, 5.41) is 1.64. The molecule has 218 valence electrons. The molecule has 0 saturated carbocycles. The van der Waals surface area contributed by atoms with Gasteiger partial charge in [0, 0.05) is 51.9 Å². The lowest BCUT2D eigenvalue weighted by molar-refractivity contribution is 0.111. The number of hydrogen-bond acceptors (Lipinski definition) is 6. The second kappa shape index (κ2) is 15.2. The third-order valence-corrected chi connectivity index (χ3v) is 6.68. The summed E-state index contributed by atoms with van der Waals surface area (Å²) in [6.45, 7) is 5.75. The molecular weight excluding hydrogens is 532 g/mol. The Morgan fingerprint density at radius 3 is 2.10 bits per heavy atom. The number of H-pyrrole nitrogens is 1. The number of rotatable bonds is 12. The Hall–Kier alpha value is -4.85. The highest BCUT2D eigenvalue weighted by Crippen LogP contribution is 2.26. The predicted molar refractivity (Wildman–Crippen MR) is 164 cm³/mol. The van der Waals surface area contributed by atoms with E-state index in [9.17, 15) is 14.4 Å². The number of unbranched alkanes of at least 4 members (excludes halogenated alkanes) is 2. The largest absolute Gasteiger partial charge is 0.494 e. The van der Waals surface area contributed by atoms with Crippen molar-refractivity contribution < 1.29 is 28.6 Å². The van der Waals surface area contributed by atoms with Gasteiger partial charge in [0.2, 0.25) is 0 Å². The van der Waals surface area contributed by atoms with Gasteiger partial charge in [-0.1, -0.05) is 57.0 Å². The van der Waals surface area contributed by atoms with E-state index in [0.717, 1.165) is 67.1 Å². The van der Waals surface area contributed by atoms with Crippen molar-refractivity contribution in [3.05, 3.63) is 95.8 Å². The van der Waals surface area contributed by atoms with Crippen LogP contribution in [-0.4, -0.2) is 41.4 Å². The first-order valence-corrected chi connectivity index (χ1v) is 14.2. The number of aromatic nitrogens is 2. The summed E-state index contributed by atoms with van der Waals surface area (Å²) in [4.78, 5) is 37.6. The standard InChI is InChI=1S/C21H21NO4.C13H15NO2/c1-2-3-11-25-18-9-10-19-17(14-23)13-22(20(19)12-18)21(24)26-15-16-7-5-4-6-8-16;1-2-3-6-16-11-4-5-12-10(9-15)8-14-13(12)7-11/h4-10,12-14H,2-3,11,15H2,1H3;4-5,7-9,14H,2-3,6H2,1H3. The lowest BCUT2D eigenvalue weighted by Crippen LogP contribution is -2.12. The molecule has 0 aliphatic rings. The molecule has 8 nitrogen and oxygen atoms in total. The van der Waals surface area contributed by atoms with Crippen LogP contribution in [0.2, 0.25) is 0 Å². The van der Waals surface area contributed by atoms with E-state index in [1.807, 2.05) is 54.6 Å².